The summed E-state index contributed by atoms with van der Waals surface area (Å²) in [6.45, 7) is 3.10. The van der Waals surface area contributed by atoms with Crippen molar-refractivity contribution < 1.29 is 22.7 Å². The molecule has 1 amide bonds. The van der Waals surface area contributed by atoms with Gasteiger partial charge in [-0.1, -0.05) is 18.2 Å². The number of hydrogen-bond donors (Lipinski definition) is 2. The van der Waals surface area contributed by atoms with Crippen molar-refractivity contribution in [2.45, 2.75) is 13.8 Å². The van der Waals surface area contributed by atoms with E-state index in [-0.39, 0.29) is 10.8 Å². The molecule has 2 N–H and O–H groups in total. The van der Waals surface area contributed by atoms with Gasteiger partial charge in [-0.05, 0) is 38.1 Å². The Morgan fingerprint density at radius 1 is 1.00 bits per heavy atom. The van der Waals surface area contributed by atoms with E-state index in [2.05, 4.69) is 20.6 Å². The quantitative estimate of drug-likeness (QED) is 0.352. The zero-order valence-electron chi connectivity index (χ0n) is 20.5. The van der Waals surface area contributed by atoms with Crippen molar-refractivity contribution in [3.63, 3.8) is 0 Å². The molecule has 0 fully saturated rings. The highest BCUT2D eigenvalue weighted by Crippen LogP contribution is 2.36. The standard InChI is InChI=1S/C25H28N4O5S/c1-15(10-11-16(2)35(6,31)32)24(30)27-18-9-7-8-17(12-18)23-19-13-21(33-4)22(34-5)14-20(19)28-25(26-3)29-23/h7-14H,1-6H3,(H,27,30)(H,26,28,29)/b15-10+,16-11+. The third-order valence-electron chi connectivity index (χ3n) is 5.33. The van der Waals surface area contributed by atoms with E-state index >= 15 is 0 Å². The predicted molar refractivity (Wildman–Crippen MR) is 139 cm³/mol. The smallest absolute Gasteiger partial charge is 0.251 e. The molecule has 35 heavy (non-hydrogen) atoms. The normalized spacial score (nSPS) is 12.4. The first-order valence-corrected chi connectivity index (χ1v) is 12.5. The lowest BCUT2D eigenvalue weighted by molar-refractivity contribution is -0.112. The van der Waals surface area contributed by atoms with Crippen molar-refractivity contribution in [2.24, 2.45) is 0 Å². The molecule has 0 atom stereocenters. The monoisotopic (exact) mass is 496 g/mol. The number of sulfone groups is 1. The number of rotatable bonds is 8. The number of carbonyl (C=O) groups is 1. The van der Waals surface area contributed by atoms with E-state index in [9.17, 15) is 13.2 Å². The van der Waals surface area contributed by atoms with Gasteiger partial charge in [0.1, 0.15) is 0 Å². The van der Waals surface area contributed by atoms with Crippen molar-refractivity contribution in [1.29, 1.82) is 0 Å². The highest BCUT2D eigenvalue weighted by Gasteiger charge is 2.15. The molecule has 0 bridgehead atoms. The summed E-state index contributed by atoms with van der Waals surface area (Å²) in [5.74, 6) is 1.18. The molecule has 3 aromatic rings. The number of nitrogens with zero attached hydrogens (tertiary/aromatic N) is 2. The van der Waals surface area contributed by atoms with Gasteiger partial charge in [-0.15, -0.1) is 0 Å². The Labute approximate surface area is 204 Å². The molecule has 1 aromatic heterocycles. The molecule has 0 unspecified atom stereocenters. The van der Waals surface area contributed by atoms with E-state index in [1.165, 1.54) is 19.1 Å². The predicted octanol–water partition coefficient (Wildman–Crippen LogP) is 4.19. The average molecular weight is 497 g/mol. The number of allylic oxidation sites excluding steroid dienone is 3. The zero-order chi connectivity index (χ0) is 25.8. The minimum absolute atomic E-state index is 0.176. The van der Waals surface area contributed by atoms with Gasteiger partial charge in [-0.3, -0.25) is 4.79 Å². The van der Waals surface area contributed by atoms with E-state index < -0.39 is 9.84 Å². The number of hydrogen-bond acceptors (Lipinski definition) is 8. The molecule has 184 valence electrons. The number of anilines is 2. The SMILES string of the molecule is CNc1nc(-c2cccc(NC(=O)/C(C)=C/C=C(\C)S(C)(=O)=O)c2)c2cc(OC)c(OC)cc2n1. The maximum atomic E-state index is 12.7. The van der Waals surface area contributed by atoms with Crippen LogP contribution >= 0.6 is 0 Å². The van der Waals surface area contributed by atoms with Crippen LogP contribution in [0.4, 0.5) is 11.6 Å². The van der Waals surface area contributed by atoms with Gasteiger partial charge in [0.05, 0.1) is 25.4 Å². The lowest BCUT2D eigenvalue weighted by atomic mass is 10.0. The fourth-order valence-corrected chi connectivity index (χ4v) is 3.52. The summed E-state index contributed by atoms with van der Waals surface area (Å²) >= 11 is 0. The van der Waals surface area contributed by atoms with E-state index in [1.54, 1.807) is 46.4 Å². The fraction of sp³-hybridized carbons (Fsp3) is 0.240. The number of methoxy groups -OCH3 is 2. The van der Waals surface area contributed by atoms with Crippen LogP contribution in [0.1, 0.15) is 13.8 Å². The first-order valence-electron chi connectivity index (χ1n) is 10.7. The minimum Gasteiger partial charge on any atom is -0.493 e. The summed E-state index contributed by atoms with van der Waals surface area (Å²) in [5, 5.41) is 6.57. The van der Waals surface area contributed by atoms with Gasteiger partial charge in [-0.2, -0.15) is 0 Å². The van der Waals surface area contributed by atoms with Gasteiger partial charge in [0.15, 0.2) is 21.3 Å². The zero-order valence-corrected chi connectivity index (χ0v) is 21.3. The molecule has 9 nitrogen and oxygen atoms in total. The molecule has 0 radical (unpaired) electrons. The topological polar surface area (TPSA) is 120 Å². The third-order valence-corrected chi connectivity index (χ3v) is 6.64. The van der Waals surface area contributed by atoms with Gasteiger partial charge < -0.3 is 20.1 Å². The number of ether oxygens (including phenoxy) is 2. The summed E-state index contributed by atoms with van der Waals surface area (Å²) in [4.78, 5) is 22.0. The van der Waals surface area contributed by atoms with E-state index in [0.29, 0.717) is 39.9 Å². The third kappa shape index (κ3) is 5.96. The largest absolute Gasteiger partial charge is 0.493 e. The first kappa shape index (κ1) is 25.7. The molecule has 0 aliphatic heterocycles. The molecule has 0 aliphatic rings. The van der Waals surface area contributed by atoms with E-state index in [1.807, 2.05) is 18.2 Å². The highest BCUT2D eigenvalue weighted by atomic mass is 32.2. The minimum atomic E-state index is -3.30. The molecular formula is C25H28N4O5S. The van der Waals surface area contributed by atoms with Gasteiger partial charge in [0.2, 0.25) is 5.95 Å². The van der Waals surface area contributed by atoms with E-state index in [4.69, 9.17) is 9.47 Å². The number of benzene rings is 2. The van der Waals surface area contributed by atoms with Crippen molar-refractivity contribution >= 4 is 38.3 Å². The molecule has 0 saturated heterocycles. The molecule has 0 spiro atoms. The second-order valence-corrected chi connectivity index (χ2v) is 9.99. The Morgan fingerprint density at radius 2 is 1.69 bits per heavy atom. The van der Waals surface area contributed by atoms with Crippen molar-refractivity contribution in [3.8, 4) is 22.8 Å². The highest BCUT2D eigenvalue weighted by molar-refractivity contribution is 7.94. The van der Waals surface area contributed by atoms with Crippen molar-refractivity contribution in [1.82, 2.24) is 9.97 Å². The maximum Gasteiger partial charge on any atom is 0.251 e. The second-order valence-electron chi connectivity index (χ2n) is 7.80. The summed E-state index contributed by atoms with van der Waals surface area (Å²) < 4.78 is 34.0. The fourth-order valence-electron chi connectivity index (χ4n) is 3.20. The first-order chi connectivity index (χ1) is 16.6. The van der Waals surface area contributed by atoms with Gasteiger partial charge in [0, 0.05) is 46.5 Å². The van der Waals surface area contributed by atoms with Gasteiger partial charge >= 0.3 is 0 Å². The molecule has 1 heterocycles. The van der Waals surface area contributed by atoms with Gasteiger partial charge in [0.25, 0.3) is 5.91 Å². The van der Waals surface area contributed by atoms with Crippen LogP contribution in [-0.2, 0) is 14.6 Å². The van der Waals surface area contributed by atoms with Crippen molar-refractivity contribution in [2.75, 3.05) is 38.2 Å². The van der Waals surface area contributed by atoms with Crippen LogP contribution < -0.4 is 20.1 Å². The maximum absolute atomic E-state index is 12.7. The molecule has 0 saturated carbocycles. The Balaban J connectivity index is 2.01. The van der Waals surface area contributed by atoms with Crippen LogP contribution in [0.25, 0.3) is 22.2 Å². The lowest BCUT2D eigenvalue weighted by Crippen LogP contribution is -2.12. The number of fused-ring (bicyclic) bond motifs is 1. The Kier molecular flexibility index (Phi) is 7.75. The van der Waals surface area contributed by atoms with Gasteiger partial charge in [-0.25, -0.2) is 18.4 Å². The number of nitrogens with one attached hydrogen (secondary N) is 2. The Morgan fingerprint density at radius 3 is 2.31 bits per heavy atom. The van der Waals surface area contributed by atoms with Crippen LogP contribution in [0, 0.1) is 0 Å². The summed E-state index contributed by atoms with van der Waals surface area (Å²) in [5.41, 5.74) is 2.99. The van der Waals surface area contributed by atoms with Crippen LogP contribution in [0.3, 0.4) is 0 Å². The Hall–Kier alpha value is -3.92. The molecule has 2 aromatic carbocycles. The second kappa shape index (κ2) is 10.6. The van der Waals surface area contributed by atoms with Crippen LogP contribution in [0.15, 0.2) is 59.0 Å². The Bertz CT molecular complexity index is 1450. The summed E-state index contributed by atoms with van der Waals surface area (Å²) in [7, 11) is 1.55. The summed E-state index contributed by atoms with van der Waals surface area (Å²) in [6.07, 6.45) is 4.01. The molecule has 10 heteroatoms. The molecular weight excluding hydrogens is 468 g/mol. The molecule has 0 aliphatic carbocycles. The van der Waals surface area contributed by atoms with Crippen LogP contribution in [0.2, 0.25) is 0 Å². The van der Waals surface area contributed by atoms with Crippen LogP contribution in [-0.4, -0.2) is 51.8 Å². The average Bonchev–Trinajstić information content (AvgIpc) is 2.84. The number of amides is 1. The lowest BCUT2D eigenvalue weighted by Gasteiger charge is -2.13. The summed E-state index contributed by atoms with van der Waals surface area (Å²) in [6, 6.07) is 10.9. The van der Waals surface area contributed by atoms with Crippen molar-refractivity contribution in [3.05, 3.63) is 59.0 Å². The van der Waals surface area contributed by atoms with E-state index in [0.717, 1.165) is 17.2 Å². The van der Waals surface area contributed by atoms with Crippen LogP contribution in [0.5, 0.6) is 11.5 Å². The molecule has 3 rings (SSSR count). The number of aromatic nitrogens is 2. The number of carbonyl (C=O) groups excluding carboxylic acids is 1.